The number of allylic oxidation sites excluding steroid dienone is 1. The fourth-order valence-electron chi connectivity index (χ4n) is 4.51. The fraction of sp³-hybridized carbons (Fsp3) is 0.579. The number of ether oxygens (including phenoxy) is 1. The zero-order chi connectivity index (χ0) is 14.2. The Labute approximate surface area is 127 Å². The summed E-state index contributed by atoms with van der Waals surface area (Å²) in [6, 6.07) is 9.49. The molecule has 0 spiro atoms. The molecule has 4 rings (SSSR count). The average molecular weight is 283 g/mol. The van der Waals surface area contributed by atoms with Gasteiger partial charge in [0.2, 0.25) is 0 Å². The number of rotatable bonds is 4. The number of likely N-dealkylation sites (N-methyl/N-ethyl adjacent to an activating group) is 1. The van der Waals surface area contributed by atoms with Crippen LogP contribution in [0.2, 0.25) is 0 Å². The van der Waals surface area contributed by atoms with Crippen LogP contribution in [0.5, 0.6) is 0 Å². The molecule has 0 bridgehead atoms. The summed E-state index contributed by atoms with van der Waals surface area (Å²) in [5.74, 6) is 3.57. The summed E-state index contributed by atoms with van der Waals surface area (Å²) in [5, 5.41) is 3.71. The van der Waals surface area contributed by atoms with Crippen LogP contribution in [0.1, 0.15) is 43.2 Å². The van der Waals surface area contributed by atoms with Crippen LogP contribution >= 0.6 is 0 Å². The van der Waals surface area contributed by atoms with Crippen molar-refractivity contribution in [2.45, 2.75) is 44.6 Å². The van der Waals surface area contributed by atoms with Crippen LogP contribution < -0.4 is 5.32 Å². The van der Waals surface area contributed by atoms with Crippen molar-refractivity contribution in [3.05, 3.63) is 47.2 Å². The Morgan fingerprint density at radius 1 is 1.33 bits per heavy atom. The molecule has 21 heavy (non-hydrogen) atoms. The molecule has 1 aromatic rings. The van der Waals surface area contributed by atoms with Gasteiger partial charge >= 0.3 is 0 Å². The van der Waals surface area contributed by atoms with Crippen molar-refractivity contribution in [2.75, 3.05) is 13.2 Å². The molecule has 2 heteroatoms. The van der Waals surface area contributed by atoms with Crippen LogP contribution in [0.4, 0.5) is 0 Å². The minimum absolute atomic E-state index is 0.427. The highest BCUT2D eigenvalue weighted by molar-refractivity contribution is 5.41. The van der Waals surface area contributed by atoms with Gasteiger partial charge < -0.3 is 10.1 Å². The second-order valence-electron chi connectivity index (χ2n) is 6.64. The normalized spacial score (nSPS) is 31.5. The molecule has 0 amide bonds. The van der Waals surface area contributed by atoms with Gasteiger partial charge in [-0.2, -0.15) is 0 Å². The number of hydrogen-bond donors (Lipinski definition) is 1. The van der Waals surface area contributed by atoms with Crippen molar-refractivity contribution in [1.29, 1.82) is 0 Å². The third kappa shape index (κ3) is 2.30. The summed E-state index contributed by atoms with van der Waals surface area (Å²) in [6.07, 6.45) is 7.28. The summed E-state index contributed by atoms with van der Waals surface area (Å²) in [6.45, 7) is 4.12. The third-order valence-corrected chi connectivity index (χ3v) is 5.47. The predicted molar refractivity (Wildman–Crippen MR) is 85.2 cm³/mol. The van der Waals surface area contributed by atoms with E-state index in [9.17, 15) is 0 Å². The molecule has 112 valence electrons. The van der Waals surface area contributed by atoms with E-state index in [0.29, 0.717) is 6.04 Å². The topological polar surface area (TPSA) is 21.3 Å². The van der Waals surface area contributed by atoms with Crippen LogP contribution in [0.3, 0.4) is 0 Å². The first-order valence-electron chi connectivity index (χ1n) is 8.54. The van der Waals surface area contributed by atoms with Crippen LogP contribution in [0.25, 0.3) is 0 Å². The maximum atomic E-state index is 5.99. The Kier molecular flexibility index (Phi) is 3.50. The molecule has 0 radical (unpaired) electrons. The summed E-state index contributed by atoms with van der Waals surface area (Å²) in [4.78, 5) is 0. The lowest BCUT2D eigenvalue weighted by molar-refractivity contribution is 0.160. The lowest BCUT2D eigenvalue weighted by Crippen LogP contribution is -2.35. The van der Waals surface area contributed by atoms with Crippen molar-refractivity contribution >= 4 is 0 Å². The average Bonchev–Trinajstić information content (AvgIpc) is 3.28. The number of fused-ring (bicyclic) bond motifs is 3. The van der Waals surface area contributed by atoms with E-state index in [-0.39, 0.29) is 0 Å². The molecule has 0 aromatic heterocycles. The molecule has 4 unspecified atom stereocenters. The minimum atomic E-state index is 0.427. The standard InChI is InChI=1S/C19H25NO/c1-2-20-19(16-9-5-6-12-21-16)18-15-11-10-13-7-3-4-8-14(13)17(15)18/h3-4,7-9,15,17-20H,2,5-6,10-12H2,1H3. The van der Waals surface area contributed by atoms with Crippen LogP contribution in [0.15, 0.2) is 36.1 Å². The molecule has 2 aliphatic carbocycles. The molecule has 4 atom stereocenters. The lowest BCUT2D eigenvalue weighted by Gasteiger charge is -2.25. The summed E-state index contributed by atoms with van der Waals surface area (Å²) in [7, 11) is 0. The number of benzene rings is 1. The first-order valence-corrected chi connectivity index (χ1v) is 8.54. The molecule has 1 heterocycles. The van der Waals surface area contributed by atoms with Gasteiger partial charge in [-0.1, -0.05) is 31.2 Å². The van der Waals surface area contributed by atoms with Gasteiger partial charge in [0, 0.05) is 0 Å². The Bertz CT molecular complexity index is 550. The zero-order valence-electron chi connectivity index (χ0n) is 12.8. The summed E-state index contributed by atoms with van der Waals surface area (Å²) in [5.41, 5.74) is 3.19. The van der Waals surface area contributed by atoms with Gasteiger partial charge in [-0.3, -0.25) is 0 Å². The van der Waals surface area contributed by atoms with E-state index in [2.05, 4.69) is 42.6 Å². The molecule has 1 aromatic carbocycles. The maximum Gasteiger partial charge on any atom is 0.109 e. The molecular formula is C19H25NO. The van der Waals surface area contributed by atoms with E-state index in [1.165, 1.54) is 31.4 Å². The molecule has 1 N–H and O–H groups in total. The molecule has 1 aliphatic heterocycles. The van der Waals surface area contributed by atoms with Crippen molar-refractivity contribution in [1.82, 2.24) is 5.32 Å². The van der Waals surface area contributed by atoms with Gasteiger partial charge in [-0.25, -0.2) is 0 Å². The van der Waals surface area contributed by atoms with Crippen molar-refractivity contribution in [3.63, 3.8) is 0 Å². The van der Waals surface area contributed by atoms with Gasteiger partial charge in [0.05, 0.1) is 12.6 Å². The highest BCUT2D eigenvalue weighted by Crippen LogP contribution is 2.62. The quantitative estimate of drug-likeness (QED) is 0.911. The van der Waals surface area contributed by atoms with E-state index in [0.717, 1.165) is 30.9 Å². The van der Waals surface area contributed by atoms with E-state index in [1.54, 1.807) is 11.1 Å². The Hall–Kier alpha value is -1.28. The molecule has 3 aliphatic rings. The maximum absolute atomic E-state index is 5.99. The highest BCUT2D eigenvalue weighted by Gasteiger charge is 2.57. The van der Waals surface area contributed by atoms with E-state index >= 15 is 0 Å². The molecule has 1 fully saturated rings. The van der Waals surface area contributed by atoms with Crippen molar-refractivity contribution in [2.24, 2.45) is 11.8 Å². The first kappa shape index (κ1) is 13.4. The fourth-order valence-corrected chi connectivity index (χ4v) is 4.51. The monoisotopic (exact) mass is 283 g/mol. The Balaban J connectivity index is 1.60. The number of aryl methyl sites for hydroxylation is 1. The lowest BCUT2D eigenvalue weighted by atomic mass is 9.92. The smallest absolute Gasteiger partial charge is 0.109 e. The summed E-state index contributed by atoms with van der Waals surface area (Å²) >= 11 is 0. The Morgan fingerprint density at radius 3 is 3.05 bits per heavy atom. The summed E-state index contributed by atoms with van der Waals surface area (Å²) < 4.78 is 5.99. The zero-order valence-corrected chi connectivity index (χ0v) is 12.8. The SMILES string of the molecule is CCNC(C1=CCCCO1)C1C2CCc3ccccc3C21. The molecule has 0 saturated heterocycles. The van der Waals surface area contributed by atoms with Gasteiger partial charge in [-0.15, -0.1) is 0 Å². The number of nitrogens with one attached hydrogen (secondary N) is 1. The van der Waals surface area contributed by atoms with Gasteiger partial charge in [0.15, 0.2) is 0 Å². The Morgan fingerprint density at radius 2 is 2.24 bits per heavy atom. The molecule has 1 saturated carbocycles. The molecular weight excluding hydrogens is 258 g/mol. The number of hydrogen-bond acceptors (Lipinski definition) is 2. The van der Waals surface area contributed by atoms with Crippen LogP contribution in [-0.4, -0.2) is 19.2 Å². The van der Waals surface area contributed by atoms with Crippen LogP contribution in [-0.2, 0) is 11.2 Å². The second kappa shape index (κ2) is 5.49. The van der Waals surface area contributed by atoms with Gasteiger partial charge in [-0.05, 0) is 67.2 Å². The highest BCUT2D eigenvalue weighted by atomic mass is 16.5. The molecule has 2 nitrogen and oxygen atoms in total. The van der Waals surface area contributed by atoms with E-state index in [1.807, 2.05) is 0 Å². The predicted octanol–water partition coefficient (Wildman–Crippen LogP) is 3.63. The van der Waals surface area contributed by atoms with Gasteiger partial charge in [0.1, 0.15) is 5.76 Å². The van der Waals surface area contributed by atoms with E-state index < -0.39 is 0 Å². The minimum Gasteiger partial charge on any atom is -0.497 e. The first-order chi connectivity index (χ1) is 10.4. The van der Waals surface area contributed by atoms with Crippen molar-refractivity contribution < 1.29 is 4.74 Å². The van der Waals surface area contributed by atoms with Crippen molar-refractivity contribution in [3.8, 4) is 0 Å². The van der Waals surface area contributed by atoms with E-state index in [4.69, 9.17) is 4.74 Å². The second-order valence-corrected chi connectivity index (χ2v) is 6.64. The third-order valence-electron chi connectivity index (χ3n) is 5.47. The largest absolute Gasteiger partial charge is 0.497 e. The van der Waals surface area contributed by atoms with Crippen LogP contribution in [0, 0.1) is 11.8 Å². The van der Waals surface area contributed by atoms with Gasteiger partial charge in [0.25, 0.3) is 0 Å².